The summed E-state index contributed by atoms with van der Waals surface area (Å²) in [6.45, 7) is 0. The van der Waals surface area contributed by atoms with Gasteiger partial charge in [-0.15, -0.1) is 0 Å². The fourth-order valence-electron chi connectivity index (χ4n) is 1.68. The van der Waals surface area contributed by atoms with Crippen molar-refractivity contribution in [3.8, 4) is 0 Å². The molecule has 17 heavy (non-hydrogen) atoms. The van der Waals surface area contributed by atoms with E-state index in [4.69, 9.17) is 4.74 Å². The maximum absolute atomic E-state index is 11.6. The zero-order valence-corrected chi connectivity index (χ0v) is 10.7. The van der Waals surface area contributed by atoms with Crippen molar-refractivity contribution >= 4 is 16.8 Å². The van der Waals surface area contributed by atoms with Crippen molar-refractivity contribution < 1.29 is 13.7 Å². The Morgan fingerprint density at radius 3 is 2.47 bits per heavy atom. The molecule has 1 unspecified atom stereocenters. The maximum Gasteiger partial charge on any atom is 0.310 e. The van der Waals surface area contributed by atoms with Crippen LogP contribution in [-0.2, 0) is 26.8 Å². The molecule has 1 saturated carbocycles. The van der Waals surface area contributed by atoms with E-state index in [2.05, 4.69) is 0 Å². The molecule has 1 aliphatic carbocycles. The molecule has 1 aromatic carbocycles. The normalized spacial score (nSPS) is 17.2. The quantitative estimate of drug-likeness (QED) is 0.770. The summed E-state index contributed by atoms with van der Waals surface area (Å²) in [5.41, 5.74) is 0.906. The Balaban J connectivity index is 1.89. The first-order valence-corrected chi connectivity index (χ1v) is 7.33. The lowest BCUT2D eigenvalue weighted by Gasteiger charge is -2.25. The molecule has 4 heteroatoms. The van der Waals surface area contributed by atoms with Gasteiger partial charge >= 0.3 is 5.97 Å². The van der Waals surface area contributed by atoms with E-state index in [9.17, 15) is 9.00 Å². The van der Waals surface area contributed by atoms with E-state index in [1.165, 1.54) is 0 Å². The first-order valence-electron chi connectivity index (χ1n) is 5.77. The van der Waals surface area contributed by atoms with Crippen LogP contribution in [0.15, 0.2) is 29.2 Å². The topological polar surface area (TPSA) is 43.4 Å². The number of esters is 1. The first kappa shape index (κ1) is 12.3. The zero-order valence-electron chi connectivity index (χ0n) is 9.85. The van der Waals surface area contributed by atoms with Crippen LogP contribution < -0.4 is 0 Å². The predicted molar refractivity (Wildman–Crippen MR) is 66.2 cm³/mol. The van der Waals surface area contributed by atoms with Crippen LogP contribution in [0.5, 0.6) is 0 Å². The smallest absolute Gasteiger partial charge is 0.310 e. The van der Waals surface area contributed by atoms with Gasteiger partial charge in [-0.25, -0.2) is 0 Å². The van der Waals surface area contributed by atoms with E-state index < -0.39 is 10.8 Å². The maximum atomic E-state index is 11.6. The fourth-order valence-corrected chi connectivity index (χ4v) is 2.20. The predicted octanol–water partition coefficient (Wildman–Crippen LogP) is 2.06. The van der Waals surface area contributed by atoms with Gasteiger partial charge < -0.3 is 4.74 Å². The molecule has 0 saturated heterocycles. The molecule has 0 N–H and O–H groups in total. The molecule has 0 aromatic heterocycles. The summed E-state index contributed by atoms with van der Waals surface area (Å²) in [6, 6.07) is 7.25. The van der Waals surface area contributed by atoms with Gasteiger partial charge in [-0.2, -0.15) is 0 Å². The number of benzene rings is 1. The number of hydrogen-bond acceptors (Lipinski definition) is 3. The summed E-state index contributed by atoms with van der Waals surface area (Å²) >= 11 is 0. The highest BCUT2D eigenvalue weighted by Crippen LogP contribution is 2.22. The monoisotopic (exact) mass is 252 g/mol. The molecule has 0 heterocycles. The van der Waals surface area contributed by atoms with Crippen LogP contribution in [0.25, 0.3) is 0 Å². The SMILES string of the molecule is CS(=O)c1ccc(CC(=O)OC2CCC2)cc1. The van der Waals surface area contributed by atoms with Gasteiger partial charge in [-0.1, -0.05) is 12.1 Å². The highest BCUT2D eigenvalue weighted by molar-refractivity contribution is 7.84. The minimum atomic E-state index is -0.967. The van der Waals surface area contributed by atoms with Crippen LogP contribution >= 0.6 is 0 Å². The lowest BCUT2D eigenvalue weighted by Crippen LogP contribution is -2.25. The molecule has 1 fully saturated rings. The molecule has 92 valence electrons. The Hall–Kier alpha value is -1.16. The van der Waals surface area contributed by atoms with Crippen molar-refractivity contribution in [3.05, 3.63) is 29.8 Å². The lowest BCUT2D eigenvalue weighted by atomic mass is 9.96. The summed E-state index contributed by atoms with van der Waals surface area (Å²) in [7, 11) is -0.967. The number of carbonyl (C=O) groups is 1. The van der Waals surface area contributed by atoms with Gasteiger partial charge in [-0.3, -0.25) is 9.00 Å². The van der Waals surface area contributed by atoms with E-state index >= 15 is 0 Å². The Kier molecular flexibility index (Phi) is 3.94. The summed E-state index contributed by atoms with van der Waals surface area (Å²) in [6.07, 6.45) is 5.24. The highest BCUT2D eigenvalue weighted by atomic mass is 32.2. The Labute approximate surface area is 104 Å². The zero-order chi connectivity index (χ0) is 12.3. The third-order valence-electron chi connectivity index (χ3n) is 2.95. The van der Waals surface area contributed by atoms with Gasteiger partial charge in [-0.05, 0) is 37.0 Å². The Bertz CT molecular complexity index is 421. The van der Waals surface area contributed by atoms with E-state index in [1.54, 1.807) is 18.4 Å². The van der Waals surface area contributed by atoms with E-state index in [0.29, 0.717) is 6.42 Å². The average molecular weight is 252 g/mol. The third kappa shape index (κ3) is 3.40. The molecule has 0 spiro atoms. The molecule has 0 amide bonds. The van der Waals surface area contributed by atoms with Crippen molar-refractivity contribution in [1.29, 1.82) is 0 Å². The van der Waals surface area contributed by atoms with E-state index in [-0.39, 0.29) is 12.1 Å². The van der Waals surface area contributed by atoms with Crippen LogP contribution in [0.3, 0.4) is 0 Å². The molecule has 0 bridgehead atoms. The van der Waals surface area contributed by atoms with Crippen molar-refractivity contribution in [2.45, 2.75) is 36.7 Å². The first-order chi connectivity index (χ1) is 8.15. The average Bonchev–Trinajstić information content (AvgIpc) is 2.24. The summed E-state index contributed by atoms with van der Waals surface area (Å²) in [5.74, 6) is -0.167. The van der Waals surface area contributed by atoms with Crippen molar-refractivity contribution in [1.82, 2.24) is 0 Å². The standard InChI is InChI=1S/C13H16O3S/c1-17(15)12-7-5-10(6-8-12)9-13(14)16-11-3-2-4-11/h5-8,11H,2-4,9H2,1H3. The van der Waals surface area contributed by atoms with Gasteiger partial charge in [0.05, 0.1) is 6.42 Å². The molecule has 1 aliphatic rings. The van der Waals surface area contributed by atoms with E-state index in [1.807, 2.05) is 12.1 Å². The number of rotatable bonds is 4. The van der Waals surface area contributed by atoms with Gasteiger partial charge in [0.2, 0.25) is 0 Å². The Morgan fingerprint density at radius 2 is 2.00 bits per heavy atom. The van der Waals surface area contributed by atoms with E-state index in [0.717, 1.165) is 29.7 Å². The second-order valence-electron chi connectivity index (χ2n) is 4.32. The minimum Gasteiger partial charge on any atom is -0.462 e. The van der Waals surface area contributed by atoms with Gasteiger partial charge in [0.25, 0.3) is 0 Å². The van der Waals surface area contributed by atoms with Crippen molar-refractivity contribution in [2.24, 2.45) is 0 Å². The molecular weight excluding hydrogens is 236 g/mol. The largest absolute Gasteiger partial charge is 0.462 e. The number of hydrogen-bond donors (Lipinski definition) is 0. The second kappa shape index (κ2) is 5.45. The Morgan fingerprint density at radius 1 is 1.35 bits per heavy atom. The highest BCUT2D eigenvalue weighted by Gasteiger charge is 2.21. The van der Waals surface area contributed by atoms with Gasteiger partial charge in [0, 0.05) is 22.0 Å². The van der Waals surface area contributed by atoms with Crippen LogP contribution in [0.1, 0.15) is 24.8 Å². The van der Waals surface area contributed by atoms with Gasteiger partial charge in [0.15, 0.2) is 0 Å². The summed E-state index contributed by atoms with van der Waals surface area (Å²) in [4.78, 5) is 12.3. The lowest BCUT2D eigenvalue weighted by molar-refractivity contribution is -0.152. The van der Waals surface area contributed by atoms with Crippen LogP contribution in [-0.4, -0.2) is 22.5 Å². The molecule has 1 atom stereocenters. The van der Waals surface area contributed by atoms with Crippen molar-refractivity contribution in [2.75, 3.05) is 6.26 Å². The molecule has 1 aromatic rings. The summed E-state index contributed by atoms with van der Waals surface area (Å²) in [5, 5.41) is 0. The van der Waals surface area contributed by atoms with Crippen LogP contribution in [0, 0.1) is 0 Å². The molecule has 0 radical (unpaired) electrons. The van der Waals surface area contributed by atoms with Crippen LogP contribution in [0.2, 0.25) is 0 Å². The molecule has 0 aliphatic heterocycles. The third-order valence-corrected chi connectivity index (χ3v) is 3.89. The summed E-state index contributed by atoms with van der Waals surface area (Å²) < 4.78 is 16.5. The number of ether oxygens (including phenoxy) is 1. The minimum absolute atomic E-state index is 0.143. The van der Waals surface area contributed by atoms with Crippen molar-refractivity contribution in [3.63, 3.8) is 0 Å². The van der Waals surface area contributed by atoms with Gasteiger partial charge in [0.1, 0.15) is 6.10 Å². The molecular formula is C13H16O3S. The molecule has 3 nitrogen and oxygen atoms in total. The second-order valence-corrected chi connectivity index (χ2v) is 5.70. The van der Waals surface area contributed by atoms with Crippen LogP contribution in [0.4, 0.5) is 0 Å². The fraction of sp³-hybridized carbons (Fsp3) is 0.462. The number of carbonyl (C=O) groups excluding carboxylic acids is 1. The molecule has 2 rings (SSSR count).